The van der Waals surface area contributed by atoms with Crippen molar-refractivity contribution in [1.29, 1.82) is 0 Å². The Morgan fingerprint density at radius 1 is 1.26 bits per heavy atom. The van der Waals surface area contributed by atoms with E-state index in [4.69, 9.17) is 16.0 Å². The Balaban J connectivity index is 1.81. The molecule has 1 atom stereocenters. The number of benzene rings is 1. The van der Waals surface area contributed by atoms with Gasteiger partial charge in [-0.1, -0.05) is 37.2 Å². The van der Waals surface area contributed by atoms with E-state index in [1.165, 1.54) is 12.3 Å². The van der Waals surface area contributed by atoms with Gasteiger partial charge in [0.05, 0.1) is 22.8 Å². The number of hydrogen-bond acceptors (Lipinski definition) is 5. The van der Waals surface area contributed by atoms with Crippen LogP contribution in [-0.2, 0) is 17.5 Å². The zero-order valence-electron chi connectivity index (χ0n) is 16.9. The number of nitrogens with zero attached hydrogens (tertiary/aromatic N) is 3. The lowest BCUT2D eigenvalue weighted by molar-refractivity contribution is -0.137. The van der Waals surface area contributed by atoms with Gasteiger partial charge in [0, 0.05) is 11.6 Å². The van der Waals surface area contributed by atoms with Crippen molar-refractivity contribution in [3.05, 3.63) is 47.2 Å². The van der Waals surface area contributed by atoms with Crippen LogP contribution in [0.1, 0.15) is 26.3 Å². The summed E-state index contributed by atoms with van der Waals surface area (Å²) in [6.07, 6.45) is -3.13. The molecule has 0 radical (unpaired) electrons. The second-order valence-electron chi connectivity index (χ2n) is 7.22. The van der Waals surface area contributed by atoms with Gasteiger partial charge < -0.3 is 9.73 Å². The van der Waals surface area contributed by atoms with E-state index in [1.54, 1.807) is 19.1 Å². The fourth-order valence-corrected chi connectivity index (χ4v) is 3.83. The van der Waals surface area contributed by atoms with Crippen molar-refractivity contribution >= 4 is 35.0 Å². The number of alkyl halides is 3. The summed E-state index contributed by atoms with van der Waals surface area (Å²) in [5.41, 5.74) is -1.36. The van der Waals surface area contributed by atoms with E-state index in [1.807, 2.05) is 18.4 Å². The maximum absolute atomic E-state index is 13.3. The third kappa shape index (κ3) is 5.62. The Kier molecular flexibility index (Phi) is 7.00. The average molecular weight is 473 g/mol. The summed E-state index contributed by atoms with van der Waals surface area (Å²) in [6.45, 7) is 6.21. The van der Waals surface area contributed by atoms with Crippen LogP contribution in [0.4, 0.5) is 18.9 Å². The largest absolute Gasteiger partial charge is 0.461 e. The third-order valence-corrected chi connectivity index (χ3v) is 5.52. The first-order chi connectivity index (χ1) is 14.6. The van der Waals surface area contributed by atoms with Crippen LogP contribution in [0.5, 0.6) is 0 Å². The summed E-state index contributed by atoms with van der Waals surface area (Å²) in [7, 11) is 0. The number of furan rings is 1. The SMILES string of the molecule is CC(C)Cn1c(SC(C)C(=O)Nc2ccc(Cl)cc2C(F)(F)F)nnc1-c1ccco1. The molecule has 0 bridgehead atoms. The van der Waals surface area contributed by atoms with E-state index >= 15 is 0 Å². The molecule has 1 amide bonds. The van der Waals surface area contributed by atoms with Crippen LogP contribution in [-0.4, -0.2) is 25.9 Å². The van der Waals surface area contributed by atoms with Gasteiger partial charge in [-0.15, -0.1) is 10.2 Å². The minimum absolute atomic E-state index is 0.0695. The topological polar surface area (TPSA) is 73.0 Å². The fraction of sp³-hybridized carbons (Fsp3) is 0.350. The third-order valence-electron chi connectivity index (χ3n) is 4.20. The van der Waals surface area contributed by atoms with E-state index in [0.29, 0.717) is 23.3 Å². The summed E-state index contributed by atoms with van der Waals surface area (Å²) in [6, 6.07) is 6.70. The second kappa shape index (κ2) is 9.35. The monoisotopic (exact) mass is 472 g/mol. The number of hydrogen-bond donors (Lipinski definition) is 1. The Morgan fingerprint density at radius 3 is 2.61 bits per heavy atom. The number of halogens is 4. The second-order valence-corrected chi connectivity index (χ2v) is 8.97. The van der Waals surface area contributed by atoms with Crippen molar-refractivity contribution < 1.29 is 22.4 Å². The molecule has 6 nitrogen and oxygen atoms in total. The molecule has 11 heteroatoms. The van der Waals surface area contributed by atoms with E-state index in [-0.39, 0.29) is 16.6 Å². The molecule has 0 saturated heterocycles. The summed E-state index contributed by atoms with van der Waals surface area (Å²) < 4.78 is 47.1. The first kappa shape index (κ1) is 23.2. The highest BCUT2D eigenvalue weighted by Gasteiger charge is 2.34. The number of aromatic nitrogens is 3. The molecular weight excluding hydrogens is 453 g/mol. The Hall–Kier alpha value is -2.46. The van der Waals surface area contributed by atoms with Crippen LogP contribution in [0.15, 0.2) is 46.2 Å². The molecule has 2 heterocycles. The number of carbonyl (C=O) groups is 1. The lowest BCUT2D eigenvalue weighted by atomic mass is 10.1. The summed E-state index contributed by atoms with van der Waals surface area (Å²) >= 11 is 6.79. The first-order valence-corrected chi connectivity index (χ1v) is 10.6. The quantitative estimate of drug-likeness (QED) is 0.428. The molecule has 0 aliphatic heterocycles. The van der Waals surface area contributed by atoms with Crippen molar-refractivity contribution in [2.75, 3.05) is 5.32 Å². The molecule has 31 heavy (non-hydrogen) atoms. The first-order valence-electron chi connectivity index (χ1n) is 9.37. The molecule has 2 aromatic heterocycles. The molecule has 166 valence electrons. The fourth-order valence-electron chi connectivity index (χ4n) is 2.80. The maximum Gasteiger partial charge on any atom is 0.418 e. The predicted molar refractivity (Wildman–Crippen MR) is 113 cm³/mol. The van der Waals surface area contributed by atoms with Gasteiger partial charge in [-0.05, 0) is 43.2 Å². The lowest BCUT2D eigenvalue weighted by Crippen LogP contribution is -2.25. The number of rotatable bonds is 7. The molecule has 1 N–H and O–H groups in total. The maximum atomic E-state index is 13.3. The number of amides is 1. The summed E-state index contributed by atoms with van der Waals surface area (Å²) in [5, 5.41) is 10.3. The van der Waals surface area contributed by atoms with Crippen LogP contribution in [0, 0.1) is 5.92 Å². The molecule has 0 aliphatic rings. The molecular formula is C20H20ClF3N4O2S. The normalized spacial score (nSPS) is 12.9. The van der Waals surface area contributed by atoms with Gasteiger partial charge >= 0.3 is 6.18 Å². The molecule has 0 fully saturated rings. The van der Waals surface area contributed by atoms with Crippen molar-refractivity contribution in [1.82, 2.24) is 14.8 Å². The minimum Gasteiger partial charge on any atom is -0.461 e. The summed E-state index contributed by atoms with van der Waals surface area (Å²) in [4.78, 5) is 12.6. The van der Waals surface area contributed by atoms with Gasteiger partial charge in [0.25, 0.3) is 0 Å². The molecule has 1 aromatic carbocycles. The number of anilines is 1. The van der Waals surface area contributed by atoms with Gasteiger partial charge in [-0.3, -0.25) is 9.36 Å². The van der Waals surface area contributed by atoms with Gasteiger partial charge in [0.1, 0.15) is 0 Å². The van der Waals surface area contributed by atoms with Crippen molar-refractivity contribution in [3.8, 4) is 11.6 Å². The van der Waals surface area contributed by atoms with Gasteiger partial charge in [-0.25, -0.2) is 0 Å². The minimum atomic E-state index is -4.65. The van der Waals surface area contributed by atoms with Crippen LogP contribution in [0.2, 0.25) is 5.02 Å². The zero-order valence-corrected chi connectivity index (χ0v) is 18.5. The zero-order chi connectivity index (χ0) is 22.8. The molecule has 3 rings (SSSR count). The highest BCUT2D eigenvalue weighted by atomic mass is 35.5. The molecule has 0 spiro atoms. The molecule has 0 saturated carbocycles. The van der Waals surface area contributed by atoms with E-state index in [0.717, 1.165) is 23.9 Å². The lowest BCUT2D eigenvalue weighted by Gasteiger charge is -2.17. The van der Waals surface area contributed by atoms with Gasteiger partial charge in [-0.2, -0.15) is 13.2 Å². The molecule has 0 aliphatic carbocycles. The van der Waals surface area contributed by atoms with Gasteiger partial charge in [0.15, 0.2) is 16.7 Å². The highest BCUT2D eigenvalue weighted by Crippen LogP contribution is 2.37. The standard InChI is InChI=1S/C20H20ClF3N4O2S/c1-11(2)10-28-17(16-5-4-8-30-16)26-27-19(28)31-12(3)18(29)25-15-7-6-13(21)9-14(15)20(22,23)24/h4-9,11-12H,10H2,1-3H3,(H,25,29). The van der Waals surface area contributed by atoms with Crippen LogP contribution in [0.3, 0.4) is 0 Å². The molecule has 1 unspecified atom stereocenters. The molecule has 3 aromatic rings. The Labute approximate surface area is 186 Å². The van der Waals surface area contributed by atoms with E-state index < -0.39 is 22.9 Å². The van der Waals surface area contributed by atoms with Crippen LogP contribution < -0.4 is 5.32 Å². The van der Waals surface area contributed by atoms with Crippen molar-refractivity contribution in [2.45, 2.75) is 43.9 Å². The summed E-state index contributed by atoms with van der Waals surface area (Å²) in [5.74, 6) is 0.715. The van der Waals surface area contributed by atoms with Crippen molar-refractivity contribution in [2.24, 2.45) is 5.92 Å². The number of nitrogens with one attached hydrogen (secondary N) is 1. The Bertz CT molecular complexity index is 1050. The predicted octanol–water partition coefficient (Wildman–Crippen LogP) is 5.99. The number of carbonyl (C=O) groups excluding carboxylic acids is 1. The van der Waals surface area contributed by atoms with Crippen LogP contribution in [0.25, 0.3) is 11.6 Å². The smallest absolute Gasteiger partial charge is 0.418 e. The van der Waals surface area contributed by atoms with Crippen molar-refractivity contribution in [3.63, 3.8) is 0 Å². The van der Waals surface area contributed by atoms with E-state index in [9.17, 15) is 18.0 Å². The Morgan fingerprint density at radius 2 is 2.00 bits per heavy atom. The average Bonchev–Trinajstić information content (AvgIpc) is 3.32. The van der Waals surface area contributed by atoms with Crippen LogP contribution >= 0.6 is 23.4 Å². The highest BCUT2D eigenvalue weighted by molar-refractivity contribution is 8.00. The number of thioether (sulfide) groups is 1. The van der Waals surface area contributed by atoms with E-state index in [2.05, 4.69) is 15.5 Å². The van der Waals surface area contributed by atoms with Gasteiger partial charge in [0.2, 0.25) is 5.91 Å².